The van der Waals surface area contributed by atoms with Crippen LogP contribution in [0, 0.1) is 0 Å². The topological polar surface area (TPSA) is 135 Å². The quantitative estimate of drug-likeness (QED) is 0.137. The van der Waals surface area contributed by atoms with E-state index in [0.29, 0.717) is 22.6 Å². The van der Waals surface area contributed by atoms with E-state index in [1.807, 2.05) is 30.3 Å². The predicted molar refractivity (Wildman–Crippen MR) is 165 cm³/mol. The molecule has 0 aliphatic heterocycles. The normalized spacial score (nSPS) is 12.4. The number of benzene rings is 4. The number of fused-ring (bicyclic) bond motifs is 1. The number of carbonyl (C=O) groups is 2. The van der Waals surface area contributed by atoms with Crippen LogP contribution in [0.1, 0.15) is 27.4 Å². The summed E-state index contributed by atoms with van der Waals surface area (Å²) >= 11 is 0. The number of amides is 2. The Kier molecular flexibility index (Phi) is 9.44. The molecule has 238 valence electrons. The van der Waals surface area contributed by atoms with Crippen LogP contribution >= 0.6 is 0 Å². The molecular weight excluding hydrogens is 625 g/mol. The monoisotopic (exact) mass is 652 g/mol. The summed E-state index contributed by atoms with van der Waals surface area (Å²) in [5, 5.41) is 6.21. The van der Waals surface area contributed by atoms with Crippen molar-refractivity contribution in [2.24, 2.45) is 0 Å². The van der Waals surface area contributed by atoms with Crippen LogP contribution in [0.15, 0.2) is 108 Å². The smallest absolute Gasteiger partial charge is 0.456 e. The zero-order valence-corrected chi connectivity index (χ0v) is 24.8. The summed E-state index contributed by atoms with van der Waals surface area (Å²) < 4.78 is 78.6. The second-order valence-corrected chi connectivity index (χ2v) is 11.9. The molecule has 1 aromatic heterocycles. The highest BCUT2D eigenvalue weighted by molar-refractivity contribution is 7.85. The summed E-state index contributed by atoms with van der Waals surface area (Å²) in [5.74, 6) is -2.23. The van der Waals surface area contributed by atoms with Crippen molar-refractivity contribution in [1.29, 1.82) is 0 Å². The number of furan rings is 1. The third-order valence-corrected chi connectivity index (χ3v) is 7.72. The Morgan fingerprint density at radius 1 is 0.891 bits per heavy atom. The average molecular weight is 653 g/mol. The average Bonchev–Trinajstić information content (AvgIpc) is 3.44. The van der Waals surface area contributed by atoms with Crippen molar-refractivity contribution in [1.82, 2.24) is 5.32 Å². The van der Waals surface area contributed by atoms with Crippen LogP contribution in [0.2, 0.25) is 0 Å². The molecule has 9 nitrogen and oxygen atoms in total. The van der Waals surface area contributed by atoms with E-state index in [1.165, 1.54) is 24.3 Å². The third kappa shape index (κ3) is 8.73. The molecule has 0 fully saturated rings. The minimum atomic E-state index is -4.87. The minimum absolute atomic E-state index is 0.132. The zero-order valence-electron chi connectivity index (χ0n) is 24.0. The van der Waals surface area contributed by atoms with E-state index in [9.17, 15) is 31.2 Å². The molecular formula is C33H27F3N2O7S. The Hall–Kier alpha value is -5.14. The van der Waals surface area contributed by atoms with Crippen molar-refractivity contribution in [3.05, 3.63) is 120 Å². The molecule has 0 spiro atoms. The Labute approximate surface area is 261 Å². The number of anilines is 1. The van der Waals surface area contributed by atoms with Crippen LogP contribution in [-0.2, 0) is 21.3 Å². The van der Waals surface area contributed by atoms with E-state index in [0.717, 1.165) is 28.7 Å². The maximum atomic E-state index is 13.6. The maximum Gasteiger partial charge on any atom is 0.573 e. The van der Waals surface area contributed by atoms with Crippen molar-refractivity contribution in [3.8, 4) is 17.1 Å². The summed E-state index contributed by atoms with van der Waals surface area (Å²) in [7, 11) is -4.23. The van der Waals surface area contributed by atoms with Gasteiger partial charge in [0.1, 0.15) is 17.1 Å². The molecule has 1 unspecified atom stereocenters. The van der Waals surface area contributed by atoms with Gasteiger partial charge in [-0.2, -0.15) is 8.42 Å². The SMILES string of the molecule is O=C(NCCS(=O)(=O)O)c1ccc(CC(C(=O)Nc2ccc(-c3cc4ccccc4o3)cc2)c2ccc(OC(F)(F)F)cc2)cc1. The first-order valence-corrected chi connectivity index (χ1v) is 15.5. The molecule has 4 aromatic carbocycles. The number of para-hydroxylation sites is 1. The number of alkyl halides is 3. The number of hydrogen-bond acceptors (Lipinski definition) is 6. The van der Waals surface area contributed by atoms with E-state index in [4.69, 9.17) is 8.97 Å². The molecule has 3 N–H and O–H groups in total. The van der Waals surface area contributed by atoms with Crippen molar-refractivity contribution >= 4 is 38.6 Å². The lowest BCUT2D eigenvalue weighted by molar-refractivity contribution is -0.274. The maximum absolute atomic E-state index is 13.6. The molecule has 0 saturated heterocycles. The highest BCUT2D eigenvalue weighted by atomic mass is 32.2. The van der Waals surface area contributed by atoms with E-state index in [-0.39, 0.29) is 18.5 Å². The van der Waals surface area contributed by atoms with Crippen LogP contribution in [-0.4, -0.2) is 43.4 Å². The summed E-state index contributed by atoms with van der Waals surface area (Å²) in [5.41, 5.74) is 3.33. The van der Waals surface area contributed by atoms with Gasteiger partial charge in [-0.1, -0.05) is 42.5 Å². The van der Waals surface area contributed by atoms with Crippen LogP contribution in [0.25, 0.3) is 22.3 Å². The van der Waals surface area contributed by atoms with E-state index in [1.54, 1.807) is 36.4 Å². The van der Waals surface area contributed by atoms with Gasteiger partial charge in [-0.25, -0.2) is 0 Å². The largest absolute Gasteiger partial charge is 0.573 e. The van der Waals surface area contributed by atoms with Crippen LogP contribution < -0.4 is 15.4 Å². The number of nitrogens with one attached hydrogen (secondary N) is 2. The molecule has 0 bridgehead atoms. The zero-order chi connectivity index (χ0) is 32.9. The van der Waals surface area contributed by atoms with Gasteiger partial charge in [-0.15, -0.1) is 13.2 Å². The van der Waals surface area contributed by atoms with Crippen LogP contribution in [0.3, 0.4) is 0 Å². The van der Waals surface area contributed by atoms with Crippen molar-refractivity contribution in [2.75, 3.05) is 17.6 Å². The first-order valence-electron chi connectivity index (χ1n) is 13.9. The second kappa shape index (κ2) is 13.5. The van der Waals surface area contributed by atoms with Gasteiger partial charge in [0, 0.05) is 28.7 Å². The number of hydrogen-bond donors (Lipinski definition) is 3. The lowest BCUT2D eigenvalue weighted by Crippen LogP contribution is -2.28. The fourth-order valence-electron chi connectivity index (χ4n) is 4.76. The number of halogens is 3. The van der Waals surface area contributed by atoms with Gasteiger partial charge in [-0.3, -0.25) is 14.1 Å². The molecule has 5 aromatic rings. The second-order valence-electron chi connectivity index (χ2n) is 10.3. The molecule has 0 saturated carbocycles. The fraction of sp³-hybridized carbons (Fsp3) is 0.152. The highest BCUT2D eigenvalue weighted by Crippen LogP contribution is 2.30. The standard InChI is InChI=1S/C33H27F3N2O7S/c34-33(35,36)45-27-15-11-22(12-16-27)28(19-21-5-7-24(8-6-21)31(39)37-17-18-46(41,42)43)32(40)38-26-13-9-23(10-14-26)30-20-25-3-1-2-4-29(25)44-30/h1-16,20,28H,17-19H2,(H,37,39)(H,38,40)(H,41,42,43). The Bertz CT molecular complexity index is 1910. The van der Waals surface area contributed by atoms with Gasteiger partial charge in [0.05, 0.1) is 11.7 Å². The molecule has 1 atom stereocenters. The van der Waals surface area contributed by atoms with Crippen LogP contribution in [0.5, 0.6) is 5.75 Å². The van der Waals surface area contributed by atoms with Crippen molar-refractivity contribution in [3.63, 3.8) is 0 Å². The third-order valence-electron chi connectivity index (χ3n) is 7.00. The van der Waals surface area contributed by atoms with E-state index < -0.39 is 45.7 Å². The van der Waals surface area contributed by atoms with Crippen LogP contribution in [0.4, 0.5) is 18.9 Å². The molecule has 1 heterocycles. The van der Waals surface area contributed by atoms with E-state index >= 15 is 0 Å². The van der Waals surface area contributed by atoms with Crippen molar-refractivity contribution in [2.45, 2.75) is 18.7 Å². The highest BCUT2D eigenvalue weighted by Gasteiger charge is 2.31. The molecule has 0 aliphatic carbocycles. The molecule has 0 aliphatic rings. The molecule has 13 heteroatoms. The fourth-order valence-corrected chi connectivity index (χ4v) is 5.12. The van der Waals surface area contributed by atoms with Gasteiger partial charge in [-0.05, 0) is 78.2 Å². The summed E-state index contributed by atoms with van der Waals surface area (Å²) in [6.07, 6.45) is -4.74. The Morgan fingerprint density at radius 2 is 1.57 bits per heavy atom. The van der Waals surface area contributed by atoms with Gasteiger partial charge in [0.15, 0.2) is 0 Å². The van der Waals surface area contributed by atoms with Gasteiger partial charge in [0.2, 0.25) is 5.91 Å². The molecule has 46 heavy (non-hydrogen) atoms. The molecule has 5 rings (SSSR count). The first-order chi connectivity index (χ1) is 21.8. The number of ether oxygens (including phenoxy) is 1. The molecule has 0 radical (unpaired) electrons. The predicted octanol–water partition coefficient (Wildman–Crippen LogP) is 6.58. The summed E-state index contributed by atoms with van der Waals surface area (Å²) in [4.78, 5) is 25.9. The summed E-state index contributed by atoms with van der Waals surface area (Å²) in [6, 6.07) is 27.8. The minimum Gasteiger partial charge on any atom is -0.456 e. The number of carbonyl (C=O) groups excluding carboxylic acids is 2. The summed E-state index contributed by atoms with van der Waals surface area (Å²) in [6.45, 7) is -0.283. The van der Waals surface area contributed by atoms with E-state index in [2.05, 4.69) is 15.4 Å². The Morgan fingerprint density at radius 3 is 2.20 bits per heavy atom. The van der Waals surface area contributed by atoms with Gasteiger partial charge >= 0.3 is 6.36 Å². The van der Waals surface area contributed by atoms with Crippen molar-refractivity contribution < 1.29 is 44.9 Å². The van der Waals surface area contributed by atoms with Gasteiger partial charge < -0.3 is 19.8 Å². The lowest BCUT2D eigenvalue weighted by Gasteiger charge is -2.19. The lowest BCUT2D eigenvalue weighted by atomic mass is 9.90. The molecule has 2 amide bonds. The number of rotatable bonds is 11. The first kappa shape index (κ1) is 32.3. The van der Waals surface area contributed by atoms with Gasteiger partial charge in [0.25, 0.3) is 16.0 Å². The Balaban J connectivity index is 1.32.